The van der Waals surface area contributed by atoms with Crippen molar-refractivity contribution in [2.75, 3.05) is 30.4 Å². The molecule has 0 atom stereocenters. The van der Waals surface area contributed by atoms with Crippen LogP contribution in [0, 0.1) is 0 Å². The van der Waals surface area contributed by atoms with Gasteiger partial charge in [0.1, 0.15) is 13.2 Å². The Bertz CT molecular complexity index is 1320. The van der Waals surface area contributed by atoms with Gasteiger partial charge < -0.3 is 21.1 Å². The lowest BCUT2D eigenvalue weighted by Gasteiger charge is -2.30. The van der Waals surface area contributed by atoms with Gasteiger partial charge in [0.05, 0.1) is 21.3 Å². The average Bonchev–Trinajstić information content (AvgIpc) is 3.42. The molecule has 11 heteroatoms. The monoisotopic (exact) mass is 555 g/mol. The van der Waals surface area contributed by atoms with Crippen molar-refractivity contribution in [2.45, 2.75) is 19.6 Å². The van der Waals surface area contributed by atoms with Gasteiger partial charge in [-0.15, -0.1) is 0 Å². The summed E-state index contributed by atoms with van der Waals surface area (Å²) in [4.78, 5) is 37.7. The molecule has 0 spiro atoms. The zero-order chi connectivity index (χ0) is 27.1. The van der Waals surface area contributed by atoms with Gasteiger partial charge in [-0.25, -0.2) is 9.59 Å². The van der Waals surface area contributed by atoms with Gasteiger partial charge in [0.25, 0.3) is 5.91 Å². The molecule has 0 aliphatic carbocycles. The molecule has 1 fully saturated rings. The van der Waals surface area contributed by atoms with Crippen LogP contribution < -0.4 is 21.4 Å². The van der Waals surface area contributed by atoms with E-state index in [-0.39, 0.29) is 19.1 Å². The molecule has 1 aliphatic rings. The number of nitrogens with two attached hydrogens (primary N) is 1. The van der Waals surface area contributed by atoms with Crippen molar-refractivity contribution in [1.82, 2.24) is 15.6 Å². The van der Waals surface area contributed by atoms with Crippen LogP contribution in [-0.2, 0) is 22.7 Å². The highest BCUT2D eigenvalue weighted by Gasteiger charge is 2.27. The van der Waals surface area contributed by atoms with Gasteiger partial charge in [-0.05, 0) is 60.0 Å². The van der Waals surface area contributed by atoms with Crippen LogP contribution in [0.5, 0.6) is 0 Å². The van der Waals surface area contributed by atoms with Crippen LogP contribution in [0.4, 0.5) is 16.2 Å². The fraction of sp³-hybridized carbons (Fsp3) is 0.222. The molecule has 0 radical (unpaired) electrons. The van der Waals surface area contributed by atoms with E-state index in [1.807, 2.05) is 18.2 Å². The Kier molecular flexibility index (Phi) is 8.93. The van der Waals surface area contributed by atoms with E-state index >= 15 is 0 Å². The number of nitrogen functional groups attached to an aromatic ring is 1. The molecule has 1 heterocycles. The predicted octanol–water partition coefficient (Wildman–Crippen LogP) is 4.39. The Balaban J connectivity index is 1.30. The van der Waals surface area contributed by atoms with Crippen LogP contribution >= 0.6 is 23.2 Å². The summed E-state index contributed by atoms with van der Waals surface area (Å²) in [5, 5.41) is 9.49. The topological polar surface area (TPSA) is 117 Å². The van der Waals surface area contributed by atoms with Crippen LogP contribution in [0.2, 0.25) is 10.0 Å². The van der Waals surface area contributed by atoms with Crippen molar-refractivity contribution in [3.05, 3.63) is 93.5 Å². The van der Waals surface area contributed by atoms with E-state index < -0.39 is 12.0 Å². The first kappa shape index (κ1) is 27.1. The van der Waals surface area contributed by atoms with E-state index in [0.717, 1.165) is 12.0 Å². The average molecular weight is 556 g/mol. The Hall–Kier alpha value is -3.95. The number of ether oxygens (including phenoxy) is 1. The summed E-state index contributed by atoms with van der Waals surface area (Å²) < 4.78 is 5.43. The van der Waals surface area contributed by atoms with Crippen LogP contribution in [0.15, 0.2) is 66.7 Å². The van der Waals surface area contributed by atoms with Crippen LogP contribution in [0.1, 0.15) is 27.9 Å². The van der Waals surface area contributed by atoms with Crippen molar-refractivity contribution >= 4 is 52.5 Å². The normalized spacial score (nSPS) is 12.8. The number of urea groups is 1. The first-order chi connectivity index (χ1) is 18.3. The van der Waals surface area contributed by atoms with Gasteiger partial charge in [0.2, 0.25) is 0 Å². The number of benzene rings is 3. The summed E-state index contributed by atoms with van der Waals surface area (Å²) in [6, 6.07) is 18.6. The van der Waals surface area contributed by atoms with Crippen molar-refractivity contribution in [2.24, 2.45) is 0 Å². The lowest BCUT2D eigenvalue weighted by atomic mass is 10.2. The van der Waals surface area contributed by atoms with Gasteiger partial charge in [-0.2, -0.15) is 0 Å². The minimum atomic E-state index is -0.505. The SMILES string of the molecule is Nc1ccc(CNC(=O)NCC(=O)N2CCCN2c2cccc(C(=O)OCc3ccc(Cl)c(Cl)c3)c2)cc1. The Labute approximate surface area is 230 Å². The molecule has 1 aliphatic heterocycles. The molecule has 0 unspecified atom stereocenters. The zero-order valence-corrected chi connectivity index (χ0v) is 22.0. The molecule has 3 aromatic carbocycles. The quantitative estimate of drug-likeness (QED) is 0.280. The Morgan fingerprint density at radius 2 is 1.66 bits per heavy atom. The fourth-order valence-corrected chi connectivity index (χ4v) is 4.24. The minimum Gasteiger partial charge on any atom is -0.457 e. The first-order valence-corrected chi connectivity index (χ1v) is 12.7. The second-order valence-corrected chi connectivity index (χ2v) is 9.46. The molecule has 4 rings (SSSR count). The number of esters is 1. The highest BCUT2D eigenvalue weighted by atomic mass is 35.5. The van der Waals surface area contributed by atoms with Crippen molar-refractivity contribution in [1.29, 1.82) is 0 Å². The molecule has 0 bridgehead atoms. The van der Waals surface area contributed by atoms with Crippen molar-refractivity contribution in [3.8, 4) is 0 Å². The molecule has 3 amide bonds. The Morgan fingerprint density at radius 1 is 0.895 bits per heavy atom. The lowest BCUT2D eigenvalue weighted by molar-refractivity contribution is -0.129. The zero-order valence-electron chi connectivity index (χ0n) is 20.5. The summed E-state index contributed by atoms with van der Waals surface area (Å²) in [7, 11) is 0. The Morgan fingerprint density at radius 3 is 2.42 bits per heavy atom. The maximum Gasteiger partial charge on any atom is 0.338 e. The molecule has 3 aromatic rings. The highest BCUT2D eigenvalue weighted by Crippen LogP contribution is 2.25. The van der Waals surface area contributed by atoms with Gasteiger partial charge in [-0.3, -0.25) is 14.8 Å². The number of hydrogen-bond acceptors (Lipinski definition) is 6. The van der Waals surface area contributed by atoms with Crippen molar-refractivity contribution in [3.63, 3.8) is 0 Å². The third-order valence-corrected chi connectivity index (χ3v) is 6.62. The van der Waals surface area contributed by atoms with Crippen LogP contribution in [-0.4, -0.2) is 42.6 Å². The van der Waals surface area contributed by atoms with Gasteiger partial charge >= 0.3 is 12.0 Å². The number of nitrogens with zero attached hydrogens (tertiary/aromatic N) is 2. The fourth-order valence-electron chi connectivity index (χ4n) is 3.92. The molecule has 198 valence electrons. The second kappa shape index (κ2) is 12.5. The van der Waals surface area contributed by atoms with E-state index in [2.05, 4.69) is 10.6 Å². The molecular formula is C27H27Cl2N5O4. The summed E-state index contributed by atoms with van der Waals surface area (Å²) >= 11 is 12.0. The number of carbonyl (C=O) groups excluding carboxylic acids is 3. The van der Waals surface area contributed by atoms with Crippen LogP contribution in [0.3, 0.4) is 0 Å². The summed E-state index contributed by atoms with van der Waals surface area (Å²) in [5.74, 6) is -0.771. The van der Waals surface area contributed by atoms with E-state index in [1.165, 1.54) is 0 Å². The minimum absolute atomic E-state index is 0.0420. The largest absolute Gasteiger partial charge is 0.457 e. The molecule has 1 saturated heterocycles. The van der Waals surface area contributed by atoms with E-state index in [9.17, 15) is 14.4 Å². The highest BCUT2D eigenvalue weighted by molar-refractivity contribution is 6.42. The summed E-state index contributed by atoms with van der Waals surface area (Å²) in [5.41, 5.74) is 8.94. The first-order valence-electron chi connectivity index (χ1n) is 12.0. The molecule has 9 nitrogen and oxygen atoms in total. The number of halogens is 2. The molecule has 0 aromatic heterocycles. The number of hydrazine groups is 1. The number of anilines is 2. The number of amides is 3. The van der Waals surface area contributed by atoms with E-state index in [4.69, 9.17) is 33.7 Å². The summed E-state index contributed by atoms with van der Waals surface area (Å²) in [6.45, 7) is 1.27. The van der Waals surface area contributed by atoms with Crippen molar-refractivity contribution < 1.29 is 19.1 Å². The maximum absolute atomic E-state index is 12.9. The molecule has 0 saturated carbocycles. The number of carbonyl (C=O) groups is 3. The molecule has 4 N–H and O–H groups in total. The van der Waals surface area contributed by atoms with Crippen LogP contribution in [0.25, 0.3) is 0 Å². The van der Waals surface area contributed by atoms with E-state index in [0.29, 0.717) is 52.2 Å². The molecule has 38 heavy (non-hydrogen) atoms. The smallest absolute Gasteiger partial charge is 0.338 e. The maximum atomic E-state index is 12.9. The van der Waals surface area contributed by atoms with Gasteiger partial charge in [0.15, 0.2) is 0 Å². The predicted molar refractivity (Wildman–Crippen MR) is 147 cm³/mol. The third kappa shape index (κ3) is 7.08. The summed E-state index contributed by atoms with van der Waals surface area (Å²) in [6.07, 6.45) is 0.751. The number of rotatable bonds is 8. The molecular weight excluding hydrogens is 529 g/mol. The standard InChI is InChI=1S/C27H27Cl2N5O4/c28-23-10-7-19(13-24(23)29)17-38-26(36)20-3-1-4-22(14-20)33-11-2-12-34(33)25(35)16-32-27(37)31-15-18-5-8-21(30)9-6-18/h1,3-10,13-14H,2,11-12,15-17,30H2,(H2,31,32,37). The lowest BCUT2D eigenvalue weighted by Crippen LogP contribution is -2.48. The second-order valence-electron chi connectivity index (χ2n) is 8.65. The van der Waals surface area contributed by atoms with Gasteiger partial charge in [-0.1, -0.05) is 47.5 Å². The third-order valence-electron chi connectivity index (χ3n) is 5.89. The number of nitrogens with one attached hydrogen (secondary N) is 2. The number of hydrogen-bond donors (Lipinski definition) is 3. The van der Waals surface area contributed by atoms with Gasteiger partial charge in [0, 0.05) is 25.3 Å². The van der Waals surface area contributed by atoms with E-state index in [1.54, 1.807) is 58.5 Å².